The molecule has 0 saturated carbocycles. The van der Waals surface area contributed by atoms with E-state index in [0.29, 0.717) is 4.48 Å². The first-order valence-corrected chi connectivity index (χ1v) is 3.78. The fourth-order valence-corrected chi connectivity index (χ4v) is 1.48. The molecule has 0 rings (SSSR count). The molecular formula is C8H17NO2. The molecule has 0 aliphatic heterocycles. The van der Waals surface area contributed by atoms with Gasteiger partial charge in [-0.15, -0.1) is 0 Å². The second-order valence-electron chi connectivity index (χ2n) is 4.12. The fraction of sp³-hybridized carbons (Fsp3) is 0.875. The molecule has 0 aromatic heterocycles. The Bertz CT molecular complexity index is 147. The molecule has 0 aliphatic carbocycles. The number of carbonyl (C=O) groups excluding carboxylic acids is 1. The van der Waals surface area contributed by atoms with E-state index in [1.54, 1.807) is 0 Å². The number of aliphatic carboxylic acids is 1. The van der Waals surface area contributed by atoms with Crippen LogP contribution in [0.5, 0.6) is 0 Å². The second-order valence-corrected chi connectivity index (χ2v) is 4.12. The zero-order valence-corrected chi connectivity index (χ0v) is 7.92. The fourth-order valence-electron chi connectivity index (χ4n) is 1.48. The van der Waals surface area contributed by atoms with E-state index in [1.807, 2.05) is 35.0 Å². The van der Waals surface area contributed by atoms with Crippen molar-refractivity contribution in [3.8, 4) is 0 Å². The van der Waals surface area contributed by atoms with Crippen molar-refractivity contribution < 1.29 is 14.4 Å². The monoisotopic (exact) mass is 159 g/mol. The maximum absolute atomic E-state index is 10.7. The molecular weight excluding hydrogens is 142 g/mol. The topological polar surface area (TPSA) is 40.1 Å². The van der Waals surface area contributed by atoms with E-state index in [0.717, 1.165) is 0 Å². The molecule has 0 radical (unpaired) electrons. The molecule has 3 nitrogen and oxygen atoms in total. The molecule has 11 heavy (non-hydrogen) atoms. The molecule has 0 fully saturated rings. The Morgan fingerprint density at radius 3 is 1.64 bits per heavy atom. The van der Waals surface area contributed by atoms with Crippen molar-refractivity contribution in [3.05, 3.63) is 0 Å². The zero-order valence-electron chi connectivity index (χ0n) is 7.92. The Labute approximate surface area is 68.2 Å². The smallest absolute Gasteiger partial charge is 0.131 e. The van der Waals surface area contributed by atoms with Crippen LogP contribution in [0.2, 0.25) is 0 Å². The van der Waals surface area contributed by atoms with Crippen LogP contribution in [-0.4, -0.2) is 37.6 Å². The highest BCUT2D eigenvalue weighted by atomic mass is 16.4. The summed E-state index contributed by atoms with van der Waals surface area (Å²) in [5, 5.41) is 10.7. The predicted octanol–water partition coefficient (Wildman–Crippen LogP) is -0.533. The lowest BCUT2D eigenvalue weighted by Gasteiger charge is -2.37. The number of carboxylic acids is 1. The molecule has 0 aliphatic rings. The van der Waals surface area contributed by atoms with Crippen LogP contribution >= 0.6 is 0 Å². The Hall–Kier alpha value is -0.570. The standard InChI is InChI=1S/C8H17NO2/c1-6(2)7(8(10)11)9(3,4)5/h6-7H,1-5H3. The molecule has 0 bridgehead atoms. The van der Waals surface area contributed by atoms with E-state index in [4.69, 9.17) is 0 Å². The van der Waals surface area contributed by atoms with Crippen molar-refractivity contribution >= 4 is 5.97 Å². The Kier molecular flexibility index (Phi) is 3.05. The van der Waals surface area contributed by atoms with E-state index in [-0.39, 0.29) is 5.92 Å². The SMILES string of the molecule is CC(C)C(C(=O)[O-])[N+](C)(C)C. The summed E-state index contributed by atoms with van der Waals surface area (Å²) in [4.78, 5) is 10.7. The number of nitrogens with zero attached hydrogens (tertiary/aromatic N) is 1. The minimum Gasteiger partial charge on any atom is -0.544 e. The summed E-state index contributed by atoms with van der Waals surface area (Å²) < 4.78 is 0.417. The molecule has 0 amide bonds. The molecule has 0 aromatic carbocycles. The van der Waals surface area contributed by atoms with Crippen LogP contribution in [-0.2, 0) is 4.79 Å². The Morgan fingerprint density at radius 2 is 1.64 bits per heavy atom. The van der Waals surface area contributed by atoms with E-state index < -0.39 is 12.0 Å². The lowest BCUT2D eigenvalue weighted by atomic mass is 10.0. The summed E-state index contributed by atoms with van der Waals surface area (Å²) in [7, 11) is 5.58. The molecule has 1 unspecified atom stereocenters. The minimum atomic E-state index is -0.965. The maximum atomic E-state index is 10.7. The molecule has 0 aromatic rings. The summed E-state index contributed by atoms with van der Waals surface area (Å²) in [5.41, 5.74) is 0. The molecule has 0 spiro atoms. The number of likely N-dealkylation sites (N-methyl/N-ethyl adjacent to an activating group) is 1. The van der Waals surface area contributed by atoms with E-state index in [1.165, 1.54) is 0 Å². The van der Waals surface area contributed by atoms with E-state index in [9.17, 15) is 9.90 Å². The van der Waals surface area contributed by atoms with Crippen LogP contribution in [0, 0.1) is 5.92 Å². The van der Waals surface area contributed by atoms with Crippen molar-refractivity contribution in [2.45, 2.75) is 19.9 Å². The summed E-state index contributed by atoms with van der Waals surface area (Å²) in [6, 6.07) is -0.421. The Balaban J connectivity index is 4.49. The van der Waals surface area contributed by atoms with Gasteiger partial charge in [-0.3, -0.25) is 0 Å². The van der Waals surface area contributed by atoms with Gasteiger partial charge in [-0.1, -0.05) is 13.8 Å². The van der Waals surface area contributed by atoms with Crippen LogP contribution in [0.4, 0.5) is 0 Å². The summed E-state index contributed by atoms with van der Waals surface area (Å²) in [6.07, 6.45) is 0. The van der Waals surface area contributed by atoms with Gasteiger partial charge in [0, 0.05) is 5.92 Å². The first kappa shape index (κ1) is 10.4. The highest BCUT2D eigenvalue weighted by molar-refractivity contribution is 5.70. The average molecular weight is 159 g/mol. The number of quaternary nitrogens is 1. The lowest BCUT2D eigenvalue weighted by molar-refractivity contribution is -0.892. The van der Waals surface area contributed by atoms with E-state index >= 15 is 0 Å². The minimum absolute atomic E-state index is 0.111. The van der Waals surface area contributed by atoms with Crippen LogP contribution in [0.15, 0.2) is 0 Å². The van der Waals surface area contributed by atoms with Crippen LogP contribution in [0.1, 0.15) is 13.8 Å². The number of hydrogen-bond acceptors (Lipinski definition) is 2. The van der Waals surface area contributed by atoms with Gasteiger partial charge in [0.15, 0.2) is 0 Å². The van der Waals surface area contributed by atoms with Gasteiger partial charge in [0.1, 0.15) is 6.04 Å². The van der Waals surface area contributed by atoms with Gasteiger partial charge in [0.25, 0.3) is 0 Å². The first-order chi connectivity index (χ1) is 4.76. The largest absolute Gasteiger partial charge is 0.544 e. The van der Waals surface area contributed by atoms with Gasteiger partial charge in [0.05, 0.1) is 27.1 Å². The average Bonchev–Trinajstić information content (AvgIpc) is 1.54. The van der Waals surface area contributed by atoms with Gasteiger partial charge >= 0.3 is 0 Å². The van der Waals surface area contributed by atoms with Crippen molar-refractivity contribution in [2.75, 3.05) is 21.1 Å². The third-order valence-electron chi connectivity index (χ3n) is 1.71. The maximum Gasteiger partial charge on any atom is 0.131 e. The molecule has 0 saturated heterocycles. The van der Waals surface area contributed by atoms with Crippen LogP contribution < -0.4 is 5.11 Å². The molecule has 66 valence electrons. The van der Waals surface area contributed by atoms with Crippen LogP contribution in [0.3, 0.4) is 0 Å². The second kappa shape index (κ2) is 3.22. The third kappa shape index (κ3) is 2.89. The summed E-state index contributed by atoms with van der Waals surface area (Å²) >= 11 is 0. The summed E-state index contributed by atoms with van der Waals surface area (Å²) in [6.45, 7) is 3.79. The van der Waals surface area contributed by atoms with Crippen molar-refractivity contribution in [3.63, 3.8) is 0 Å². The van der Waals surface area contributed by atoms with Gasteiger partial charge in [-0.25, -0.2) is 0 Å². The lowest BCUT2D eigenvalue weighted by Crippen LogP contribution is -2.57. The number of hydrogen-bond donors (Lipinski definition) is 0. The zero-order chi connectivity index (χ0) is 9.23. The number of carboxylic acid groups (broad SMARTS) is 1. The van der Waals surface area contributed by atoms with Gasteiger partial charge in [-0.2, -0.15) is 0 Å². The normalized spacial score (nSPS) is 15.1. The molecule has 0 heterocycles. The molecule has 0 N–H and O–H groups in total. The molecule has 1 atom stereocenters. The van der Waals surface area contributed by atoms with Crippen LogP contribution in [0.25, 0.3) is 0 Å². The van der Waals surface area contributed by atoms with Crippen molar-refractivity contribution in [2.24, 2.45) is 5.92 Å². The Morgan fingerprint density at radius 1 is 1.27 bits per heavy atom. The first-order valence-electron chi connectivity index (χ1n) is 3.78. The third-order valence-corrected chi connectivity index (χ3v) is 1.71. The summed E-state index contributed by atoms with van der Waals surface area (Å²) in [5.74, 6) is -0.854. The number of rotatable bonds is 3. The van der Waals surface area contributed by atoms with E-state index in [2.05, 4.69) is 0 Å². The highest BCUT2D eigenvalue weighted by Gasteiger charge is 2.27. The highest BCUT2D eigenvalue weighted by Crippen LogP contribution is 2.12. The van der Waals surface area contributed by atoms with Crippen molar-refractivity contribution in [1.29, 1.82) is 0 Å². The number of carbonyl (C=O) groups is 1. The van der Waals surface area contributed by atoms with Gasteiger partial charge in [0.2, 0.25) is 0 Å². The van der Waals surface area contributed by atoms with Crippen molar-refractivity contribution in [1.82, 2.24) is 0 Å². The quantitative estimate of drug-likeness (QED) is 0.519. The predicted molar refractivity (Wildman–Crippen MR) is 41.7 cm³/mol. The van der Waals surface area contributed by atoms with Gasteiger partial charge < -0.3 is 14.4 Å². The van der Waals surface area contributed by atoms with Gasteiger partial charge in [-0.05, 0) is 0 Å². The molecule has 3 heteroatoms.